The molecule has 1 unspecified atom stereocenters. The normalized spacial score (nSPS) is 11.9. The minimum Gasteiger partial charge on any atom is -0.367 e. The molecule has 2 aromatic rings. The number of hydrogen-bond donors (Lipinski definition) is 2. The standard InChI is InChI=1S/C14H13NO3S/c1-9-4-6-10(7-5-9)12(16)14(18)15-13(17)11-3-2-8-19-11/h2-8,14,18H,1H3,(H,15,17). The molecule has 0 bridgehead atoms. The van der Waals surface area contributed by atoms with Crippen LogP contribution in [0.25, 0.3) is 0 Å². The molecule has 0 aliphatic carbocycles. The van der Waals surface area contributed by atoms with Gasteiger partial charge in [-0.15, -0.1) is 11.3 Å². The van der Waals surface area contributed by atoms with Gasteiger partial charge in [-0.3, -0.25) is 9.59 Å². The highest BCUT2D eigenvalue weighted by Crippen LogP contribution is 2.09. The summed E-state index contributed by atoms with van der Waals surface area (Å²) in [5.41, 5.74) is 1.39. The van der Waals surface area contributed by atoms with E-state index >= 15 is 0 Å². The molecule has 19 heavy (non-hydrogen) atoms. The van der Waals surface area contributed by atoms with Crippen LogP contribution in [-0.4, -0.2) is 23.0 Å². The second-order valence-electron chi connectivity index (χ2n) is 4.08. The van der Waals surface area contributed by atoms with Crippen molar-refractivity contribution in [3.63, 3.8) is 0 Å². The molecule has 1 aromatic carbocycles. The maximum atomic E-state index is 11.9. The van der Waals surface area contributed by atoms with E-state index in [0.717, 1.165) is 5.56 Å². The van der Waals surface area contributed by atoms with Crippen LogP contribution in [0.5, 0.6) is 0 Å². The molecule has 4 nitrogen and oxygen atoms in total. The maximum Gasteiger partial charge on any atom is 0.263 e. The van der Waals surface area contributed by atoms with Gasteiger partial charge in [0.1, 0.15) is 0 Å². The molecule has 0 spiro atoms. The van der Waals surface area contributed by atoms with Gasteiger partial charge in [-0.05, 0) is 18.4 Å². The number of Topliss-reactive ketones (excluding diaryl/α,β-unsaturated/α-hetero) is 1. The number of benzene rings is 1. The van der Waals surface area contributed by atoms with E-state index in [1.807, 2.05) is 6.92 Å². The van der Waals surface area contributed by atoms with Gasteiger partial charge in [-0.2, -0.15) is 0 Å². The molecule has 5 heteroatoms. The maximum absolute atomic E-state index is 11.9. The van der Waals surface area contributed by atoms with Gasteiger partial charge in [0.15, 0.2) is 6.23 Å². The molecule has 0 fully saturated rings. The lowest BCUT2D eigenvalue weighted by molar-refractivity contribution is 0.0609. The van der Waals surface area contributed by atoms with Crippen LogP contribution in [0.2, 0.25) is 0 Å². The molecule has 0 saturated heterocycles. The smallest absolute Gasteiger partial charge is 0.263 e. The van der Waals surface area contributed by atoms with Crippen molar-refractivity contribution in [2.24, 2.45) is 0 Å². The second-order valence-corrected chi connectivity index (χ2v) is 5.03. The first kappa shape index (κ1) is 13.5. The van der Waals surface area contributed by atoms with Gasteiger partial charge in [0.25, 0.3) is 5.91 Å². The summed E-state index contributed by atoms with van der Waals surface area (Å²) in [7, 11) is 0. The summed E-state index contributed by atoms with van der Waals surface area (Å²) < 4.78 is 0. The van der Waals surface area contributed by atoms with E-state index in [9.17, 15) is 14.7 Å². The average Bonchev–Trinajstić information content (AvgIpc) is 2.92. The molecular formula is C14H13NO3S. The Morgan fingerprint density at radius 2 is 1.89 bits per heavy atom. The summed E-state index contributed by atoms with van der Waals surface area (Å²) in [6, 6.07) is 10.2. The van der Waals surface area contributed by atoms with Crippen LogP contribution in [0, 0.1) is 6.92 Å². The van der Waals surface area contributed by atoms with Crippen LogP contribution >= 0.6 is 11.3 Å². The lowest BCUT2D eigenvalue weighted by atomic mass is 10.1. The average molecular weight is 275 g/mol. The Labute approximate surface area is 114 Å². The van der Waals surface area contributed by atoms with Gasteiger partial charge < -0.3 is 10.4 Å². The summed E-state index contributed by atoms with van der Waals surface area (Å²) in [6.45, 7) is 1.91. The van der Waals surface area contributed by atoms with Crippen LogP contribution in [0.3, 0.4) is 0 Å². The van der Waals surface area contributed by atoms with Crippen molar-refractivity contribution in [1.29, 1.82) is 0 Å². The highest BCUT2D eigenvalue weighted by molar-refractivity contribution is 7.12. The number of nitrogens with one attached hydrogen (secondary N) is 1. The summed E-state index contributed by atoms with van der Waals surface area (Å²) in [4.78, 5) is 24.0. The minimum atomic E-state index is -1.53. The molecule has 1 heterocycles. The number of aliphatic hydroxyl groups excluding tert-OH is 1. The summed E-state index contributed by atoms with van der Waals surface area (Å²) in [6.07, 6.45) is -1.53. The Bertz CT molecular complexity index is 575. The van der Waals surface area contributed by atoms with Crippen molar-refractivity contribution in [3.05, 3.63) is 57.8 Å². The molecule has 0 saturated carbocycles. The van der Waals surface area contributed by atoms with E-state index < -0.39 is 17.9 Å². The van der Waals surface area contributed by atoms with Crippen LogP contribution < -0.4 is 5.32 Å². The summed E-state index contributed by atoms with van der Waals surface area (Å²) in [5.74, 6) is -0.979. The molecule has 1 atom stereocenters. The Morgan fingerprint density at radius 3 is 2.47 bits per heavy atom. The second kappa shape index (κ2) is 5.77. The molecule has 2 rings (SSSR count). The third-order valence-corrected chi connectivity index (χ3v) is 3.47. The lowest BCUT2D eigenvalue weighted by Crippen LogP contribution is -2.40. The summed E-state index contributed by atoms with van der Waals surface area (Å²) in [5, 5.41) is 13.8. The molecule has 1 amide bonds. The van der Waals surface area contributed by atoms with E-state index in [4.69, 9.17) is 0 Å². The first-order valence-electron chi connectivity index (χ1n) is 5.71. The van der Waals surface area contributed by atoms with Crippen molar-refractivity contribution < 1.29 is 14.7 Å². The first-order valence-corrected chi connectivity index (χ1v) is 6.59. The van der Waals surface area contributed by atoms with Gasteiger partial charge >= 0.3 is 0 Å². The Morgan fingerprint density at radius 1 is 1.21 bits per heavy atom. The number of aryl methyl sites for hydroxylation is 1. The number of aliphatic hydroxyl groups is 1. The van der Waals surface area contributed by atoms with Gasteiger partial charge in [-0.1, -0.05) is 35.9 Å². The van der Waals surface area contributed by atoms with Gasteiger partial charge in [0.2, 0.25) is 5.78 Å². The quantitative estimate of drug-likeness (QED) is 0.662. The highest BCUT2D eigenvalue weighted by atomic mass is 32.1. The Balaban J connectivity index is 2.03. The van der Waals surface area contributed by atoms with Gasteiger partial charge in [0.05, 0.1) is 4.88 Å². The van der Waals surface area contributed by atoms with Crippen LogP contribution in [-0.2, 0) is 0 Å². The number of thiophene rings is 1. The van der Waals surface area contributed by atoms with E-state index in [1.165, 1.54) is 11.3 Å². The van der Waals surface area contributed by atoms with Crippen molar-refractivity contribution >= 4 is 23.0 Å². The predicted octanol–water partition coefficient (Wildman–Crippen LogP) is 1.99. The molecule has 0 radical (unpaired) electrons. The number of rotatable bonds is 4. The topological polar surface area (TPSA) is 66.4 Å². The lowest BCUT2D eigenvalue weighted by Gasteiger charge is -2.11. The molecule has 98 valence electrons. The first-order chi connectivity index (χ1) is 9.08. The molecular weight excluding hydrogens is 262 g/mol. The number of ketones is 1. The number of hydrogen-bond acceptors (Lipinski definition) is 4. The molecule has 2 N–H and O–H groups in total. The van der Waals surface area contributed by atoms with E-state index in [2.05, 4.69) is 5.32 Å². The zero-order valence-electron chi connectivity index (χ0n) is 10.3. The number of carbonyl (C=O) groups is 2. The number of carbonyl (C=O) groups excluding carboxylic acids is 2. The van der Waals surface area contributed by atoms with Crippen molar-refractivity contribution in [3.8, 4) is 0 Å². The van der Waals surface area contributed by atoms with Crippen molar-refractivity contribution in [2.75, 3.05) is 0 Å². The zero-order chi connectivity index (χ0) is 13.8. The molecule has 0 aliphatic rings. The van der Waals surface area contributed by atoms with Crippen molar-refractivity contribution in [1.82, 2.24) is 5.32 Å². The van der Waals surface area contributed by atoms with E-state index in [0.29, 0.717) is 10.4 Å². The fraction of sp³-hybridized carbons (Fsp3) is 0.143. The van der Waals surface area contributed by atoms with Crippen molar-refractivity contribution in [2.45, 2.75) is 13.2 Å². The Hall–Kier alpha value is -1.98. The third kappa shape index (κ3) is 3.27. The third-order valence-electron chi connectivity index (χ3n) is 2.60. The van der Waals surface area contributed by atoms with Crippen LogP contribution in [0.1, 0.15) is 25.6 Å². The fourth-order valence-corrected chi connectivity index (χ4v) is 2.17. The van der Waals surface area contributed by atoms with Crippen LogP contribution in [0.15, 0.2) is 41.8 Å². The number of amides is 1. The van der Waals surface area contributed by atoms with Gasteiger partial charge in [0, 0.05) is 5.56 Å². The monoisotopic (exact) mass is 275 g/mol. The van der Waals surface area contributed by atoms with Crippen LogP contribution in [0.4, 0.5) is 0 Å². The predicted molar refractivity (Wildman–Crippen MR) is 73.3 cm³/mol. The molecule has 0 aliphatic heterocycles. The highest BCUT2D eigenvalue weighted by Gasteiger charge is 2.20. The molecule has 1 aromatic heterocycles. The Kier molecular flexibility index (Phi) is 4.09. The van der Waals surface area contributed by atoms with Gasteiger partial charge in [-0.25, -0.2) is 0 Å². The zero-order valence-corrected chi connectivity index (χ0v) is 11.1. The SMILES string of the molecule is Cc1ccc(C(=O)C(O)NC(=O)c2cccs2)cc1. The fourth-order valence-electron chi connectivity index (χ4n) is 1.54. The van der Waals surface area contributed by atoms with E-state index in [-0.39, 0.29) is 0 Å². The minimum absolute atomic E-state index is 0.365. The van der Waals surface area contributed by atoms with E-state index in [1.54, 1.807) is 41.8 Å². The largest absolute Gasteiger partial charge is 0.367 e. The summed E-state index contributed by atoms with van der Waals surface area (Å²) >= 11 is 1.25.